The van der Waals surface area contributed by atoms with E-state index in [1.807, 2.05) is 30.3 Å². The van der Waals surface area contributed by atoms with Gasteiger partial charge in [0.2, 0.25) is 0 Å². The molecule has 3 aromatic carbocycles. The maximum absolute atomic E-state index is 12.8. The number of nitrogens with one attached hydrogen (secondary N) is 2. The summed E-state index contributed by atoms with van der Waals surface area (Å²) >= 11 is 6.03. The standard InChI is InChI=1S/C23H22ClN5O3.ClH/c1-2-19(29-23(25)26)28-22(32)20(30)17-12-16(24)9-10-18(17)27-21(31)15-8-7-13-5-3-4-6-14(13)11-15;/h3-12,19H,2H2,1H3,(H,27,31)(H,28,32)(H4,25,26,29);1H. The third-order valence-corrected chi connectivity index (χ3v) is 4.92. The Kier molecular flexibility index (Phi) is 8.78. The van der Waals surface area contributed by atoms with E-state index in [1.165, 1.54) is 18.2 Å². The lowest BCUT2D eigenvalue weighted by atomic mass is 10.1. The molecular weight excluding hydrogens is 465 g/mol. The van der Waals surface area contributed by atoms with Crippen LogP contribution in [0.4, 0.5) is 5.69 Å². The number of nitrogens with two attached hydrogens (primary N) is 2. The Morgan fingerprint density at radius 2 is 1.70 bits per heavy atom. The van der Waals surface area contributed by atoms with E-state index < -0.39 is 23.8 Å². The molecule has 6 N–H and O–H groups in total. The molecule has 0 saturated carbocycles. The molecule has 3 rings (SSSR count). The Hall–Kier alpha value is -3.62. The monoisotopic (exact) mass is 487 g/mol. The smallest absolute Gasteiger partial charge is 0.294 e. The molecule has 172 valence electrons. The molecule has 2 amide bonds. The van der Waals surface area contributed by atoms with E-state index in [9.17, 15) is 14.4 Å². The van der Waals surface area contributed by atoms with Crippen molar-refractivity contribution in [2.75, 3.05) is 5.32 Å². The molecule has 0 aromatic heterocycles. The second kappa shape index (κ2) is 11.3. The zero-order valence-corrected chi connectivity index (χ0v) is 19.2. The molecule has 0 aliphatic heterocycles. The molecule has 33 heavy (non-hydrogen) atoms. The molecule has 0 aliphatic carbocycles. The first-order valence-electron chi connectivity index (χ1n) is 9.82. The van der Waals surface area contributed by atoms with Crippen LogP contribution in [0.25, 0.3) is 10.8 Å². The lowest BCUT2D eigenvalue weighted by Gasteiger charge is -2.14. The van der Waals surface area contributed by atoms with Crippen LogP contribution in [0, 0.1) is 0 Å². The molecule has 1 unspecified atom stereocenters. The van der Waals surface area contributed by atoms with Crippen molar-refractivity contribution in [3.8, 4) is 0 Å². The minimum Gasteiger partial charge on any atom is -0.370 e. The molecule has 8 nitrogen and oxygen atoms in total. The van der Waals surface area contributed by atoms with Gasteiger partial charge in [0.1, 0.15) is 6.17 Å². The molecule has 0 aliphatic rings. The number of benzene rings is 3. The van der Waals surface area contributed by atoms with E-state index in [-0.39, 0.29) is 34.6 Å². The summed E-state index contributed by atoms with van der Waals surface area (Å²) in [7, 11) is 0. The fraction of sp³-hybridized carbons (Fsp3) is 0.130. The van der Waals surface area contributed by atoms with E-state index in [2.05, 4.69) is 15.6 Å². The van der Waals surface area contributed by atoms with Gasteiger partial charge in [0.05, 0.1) is 11.3 Å². The highest BCUT2D eigenvalue weighted by atomic mass is 35.5. The van der Waals surface area contributed by atoms with E-state index >= 15 is 0 Å². The lowest BCUT2D eigenvalue weighted by molar-refractivity contribution is -0.117. The average Bonchev–Trinajstić information content (AvgIpc) is 2.78. The van der Waals surface area contributed by atoms with Crippen LogP contribution in [0.15, 0.2) is 65.7 Å². The Labute approximate surface area is 201 Å². The molecule has 10 heteroatoms. The van der Waals surface area contributed by atoms with Crippen molar-refractivity contribution in [2.24, 2.45) is 16.5 Å². The maximum Gasteiger partial charge on any atom is 0.294 e. The zero-order chi connectivity index (χ0) is 23.3. The van der Waals surface area contributed by atoms with Crippen LogP contribution in [-0.2, 0) is 4.79 Å². The van der Waals surface area contributed by atoms with Gasteiger partial charge in [-0.3, -0.25) is 14.4 Å². The second-order valence-electron chi connectivity index (χ2n) is 6.99. The van der Waals surface area contributed by atoms with Crippen molar-refractivity contribution in [1.29, 1.82) is 0 Å². The average molecular weight is 488 g/mol. The van der Waals surface area contributed by atoms with E-state index in [1.54, 1.807) is 19.1 Å². The van der Waals surface area contributed by atoms with Crippen molar-refractivity contribution in [3.05, 3.63) is 76.8 Å². The van der Waals surface area contributed by atoms with Crippen molar-refractivity contribution >= 4 is 64.0 Å². The summed E-state index contributed by atoms with van der Waals surface area (Å²) in [6, 6.07) is 17.2. The van der Waals surface area contributed by atoms with E-state index in [0.29, 0.717) is 12.0 Å². The zero-order valence-electron chi connectivity index (χ0n) is 17.7. The van der Waals surface area contributed by atoms with Crippen LogP contribution in [0.1, 0.15) is 34.1 Å². The van der Waals surface area contributed by atoms with Gasteiger partial charge in [-0.1, -0.05) is 48.9 Å². The predicted octanol–water partition coefficient (Wildman–Crippen LogP) is 3.48. The molecule has 0 saturated heterocycles. The SMILES string of the molecule is CCC(N=C(N)N)NC(=O)C(=O)c1cc(Cl)ccc1NC(=O)c1ccc2ccccc2c1.Cl. The number of carbonyl (C=O) groups excluding carboxylic acids is 3. The first-order valence-corrected chi connectivity index (χ1v) is 10.2. The maximum atomic E-state index is 12.8. The summed E-state index contributed by atoms with van der Waals surface area (Å²) in [5, 5.41) is 7.28. The highest BCUT2D eigenvalue weighted by Gasteiger charge is 2.23. The molecule has 0 heterocycles. The number of fused-ring (bicyclic) bond motifs is 1. The van der Waals surface area contributed by atoms with Crippen molar-refractivity contribution in [3.63, 3.8) is 0 Å². The number of Topliss-reactive ketones (excluding diaryl/α,β-unsaturated/α-hetero) is 1. The van der Waals surface area contributed by atoms with Crippen LogP contribution < -0.4 is 22.1 Å². The molecule has 0 spiro atoms. The van der Waals surface area contributed by atoms with Gasteiger partial charge in [0.25, 0.3) is 17.6 Å². The number of ketones is 1. The molecule has 0 fully saturated rings. The normalized spacial score (nSPS) is 11.1. The number of rotatable bonds is 7. The van der Waals surface area contributed by atoms with Gasteiger partial charge in [0, 0.05) is 10.6 Å². The quantitative estimate of drug-likeness (QED) is 0.175. The van der Waals surface area contributed by atoms with Gasteiger partial charge in [0.15, 0.2) is 5.96 Å². The van der Waals surface area contributed by atoms with Crippen LogP contribution in [-0.4, -0.2) is 29.7 Å². The van der Waals surface area contributed by atoms with Crippen LogP contribution in [0.5, 0.6) is 0 Å². The van der Waals surface area contributed by atoms with E-state index in [4.69, 9.17) is 23.1 Å². The van der Waals surface area contributed by atoms with Gasteiger partial charge in [-0.25, -0.2) is 4.99 Å². The lowest BCUT2D eigenvalue weighted by Crippen LogP contribution is -2.40. The minimum atomic E-state index is -0.926. The predicted molar refractivity (Wildman–Crippen MR) is 133 cm³/mol. The highest BCUT2D eigenvalue weighted by Crippen LogP contribution is 2.23. The first kappa shape index (κ1) is 25.6. The Morgan fingerprint density at radius 3 is 2.36 bits per heavy atom. The fourth-order valence-corrected chi connectivity index (χ4v) is 3.26. The first-order chi connectivity index (χ1) is 15.3. The number of carbonyl (C=O) groups is 3. The largest absolute Gasteiger partial charge is 0.370 e. The number of amides is 2. The molecule has 1 atom stereocenters. The van der Waals surface area contributed by atoms with Crippen LogP contribution >= 0.6 is 24.0 Å². The fourth-order valence-electron chi connectivity index (χ4n) is 3.08. The third kappa shape index (κ3) is 6.44. The second-order valence-corrected chi connectivity index (χ2v) is 7.42. The van der Waals surface area contributed by atoms with Crippen molar-refractivity contribution in [2.45, 2.75) is 19.5 Å². The van der Waals surface area contributed by atoms with Gasteiger partial charge < -0.3 is 22.1 Å². The minimum absolute atomic E-state index is 0. The molecule has 0 bridgehead atoms. The Balaban J connectivity index is 0.00000385. The van der Waals surface area contributed by atoms with Gasteiger partial charge in [-0.05, 0) is 47.5 Å². The summed E-state index contributed by atoms with van der Waals surface area (Å²) in [5.41, 5.74) is 11.2. The molecule has 3 aromatic rings. The summed E-state index contributed by atoms with van der Waals surface area (Å²) in [5.74, 6) is -2.45. The summed E-state index contributed by atoms with van der Waals surface area (Å²) in [6.07, 6.45) is -0.385. The van der Waals surface area contributed by atoms with Crippen LogP contribution in [0.2, 0.25) is 5.02 Å². The third-order valence-electron chi connectivity index (χ3n) is 4.68. The molecule has 0 radical (unpaired) electrons. The number of halogens is 2. The number of hydrogen-bond donors (Lipinski definition) is 4. The number of aliphatic imine (C=N–C) groups is 1. The van der Waals surface area contributed by atoms with Gasteiger partial charge in [-0.15, -0.1) is 12.4 Å². The Bertz CT molecular complexity index is 1230. The Morgan fingerprint density at radius 1 is 1.00 bits per heavy atom. The summed E-state index contributed by atoms with van der Waals surface area (Å²) in [6.45, 7) is 1.75. The van der Waals surface area contributed by atoms with Gasteiger partial charge >= 0.3 is 0 Å². The molecular formula is C23H23Cl2N5O3. The van der Waals surface area contributed by atoms with E-state index in [0.717, 1.165) is 10.8 Å². The van der Waals surface area contributed by atoms with Crippen molar-refractivity contribution in [1.82, 2.24) is 5.32 Å². The summed E-state index contributed by atoms with van der Waals surface area (Å²) in [4.78, 5) is 42.0. The highest BCUT2D eigenvalue weighted by molar-refractivity contribution is 6.45. The number of guanidine groups is 1. The van der Waals surface area contributed by atoms with Crippen LogP contribution in [0.3, 0.4) is 0 Å². The number of hydrogen-bond acceptors (Lipinski definition) is 4. The van der Waals surface area contributed by atoms with Crippen molar-refractivity contribution < 1.29 is 14.4 Å². The number of anilines is 1. The summed E-state index contributed by atoms with van der Waals surface area (Å²) < 4.78 is 0. The topological polar surface area (TPSA) is 140 Å². The number of nitrogens with zero attached hydrogens (tertiary/aromatic N) is 1. The van der Waals surface area contributed by atoms with Gasteiger partial charge in [-0.2, -0.15) is 0 Å².